The van der Waals surface area contributed by atoms with E-state index in [1.54, 1.807) is 45.2 Å². The van der Waals surface area contributed by atoms with Crippen LogP contribution in [-0.4, -0.2) is 34.6 Å². The predicted octanol–water partition coefficient (Wildman–Crippen LogP) is 6.13. The van der Waals surface area contributed by atoms with Crippen LogP contribution in [0.25, 0.3) is 22.1 Å². The Morgan fingerprint density at radius 1 is 0.974 bits per heavy atom. The molecule has 0 aliphatic carbocycles. The van der Waals surface area contributed by atoms with Gasteiger partial charge in [0.15, 0.2) is 0 Å². The molecule has 3 aromatic carbocycles. The highest BCUT2D eigenvalue weighted by Gasteiger charge is 2.29. The number of nitrogens with one attached hydrogen (secondary N) is 1. The second-order valence-electron chi connectivity index (χ2n) is 9.31. The van der Waals surface area contributed by atoms with Gasteiger partial charge >= 0.3 is 5.97 Å². The molecule has 0 spiro atoms. The van der Waals surface area contributed by atoms with Crippen molar-refractivity contribution in [1.29, 1.82) is 0 Å². The number of rotatable bonds is 10. The Bertz CT molecular complexity index is 1580. The van der Waals surface area contributed by atoms with E-state index in [0.29, 0.717) is 27.9 Å². The molecule has 39 heavy (non-hydrogen) atoms. The Balaban J connectivity index is 1.45. The lowest BCUT2D eigenvalue weighted by molar-refractivity contribution is -0.143. The maximum atomic E-state index is 12.8. The molecule has 0 amide bonds. The molecular formula is C29H30ClNO7S. The fourth-order valence-electron chi connectivity index (χ4n) is 4.20. The van der Waals surface area contributed by atoms with Gasteiger partial charge in [-0.2, -0.15) is 4.72 Å². The van der Waals surface area contributed by atoms with Gasteiger partial charge in [-0.3, -0.25) is 4.79 Å². The molecule has 1 aromatic heterocycles. The average molecular weight is 572 g/mol. The van der Waals surface area contributed by atoms with Crippen molar-refractivity contribution in [1.82, 2.24) is 4.72 Å². The molecule has 1 unspecified atom stereocenters. The minimum atomic E-state index is -3.91. The normalized spacial score (nSPS) is 12.5. The predicted molar refractivity (Wildman–Crippen MR) is 150 cm³/mol. The summed E-state index contributed by atoms with van der Waals surface area (Å²) in [6, 6.07) is 16.4. The molecule has 1 atom stereocenters. The Kier molecular flexibility index (Phi) is 8.54. The lowest BCUT2D eigenvalue weighted by Crippen LogP contribution is -2.44. The maximum absolute atomic E-state index is 12.8. The largest absolute Gasteiger partial charge is 0.494 e. The number of methoxy groups -OCH3 is 2. The summed E-state index contributed by atoms with van der Waals surface area (Å²) in [7, 11) is -1.12. The molecule has 4 aromatic rings. The van der Waals surface area contributed by atoms with Crippen molar-refractivity contribution >= 4 is 38.6 Å². The molecule has 8 nitrogen and oxygen atoms in total. The van der Waals surface area contributed by atoms with Crippen molar-refractivity contribution in [2.45, 2.75) is 38.3 Å². The minimum absolute atomic E-state index is 0.0554. The highest BCUT2D eigenvalue weighted by atomic mass is 35.5. The quantitative estimate of drug-likeness (QED) is 0.228. The van der Waals surface area contributed by atoms with Gasteiger partial charge in [-0.15, -0.1) is 0 Å². The zero-order valence-corrected chi connectivity index (χ0v) is 23.9. The van der Waals surface area contributed by atoms with E-state index < -0.39 is 22.0 Å². The van der Waals surface area contributed by atoms with Gasteiger partial charge in [-0.05, 0) is 60.4 Å². The Morgan fingerprint density at radius 3 is 2.15 bits per heavy atom. The van der Waals surface area contributed by atoms with E-state index in [9.17, 15) is 13.2 Å². The van der Waals surface area contributed by atoms with Gasteiger partial charge in [0, 0.05) is 5.56 Å². The molecule has 1 heterocycles. The first kappa shape index (κ1) is 28.5. The van der Waals surface area contributed by atoms with Crippen molar-refractivity contribution in [2.24, 2.45) is 5.92 Å². The van der Waals surface area contributed by atoms with E-state index in [1.807, 2.05) is 31.2 Å². The van der Waals surface area contributed by atoms with Crippen LogP contribution in [0.5, 0.6) is 11.5 Å². The molecule has 0 aliphatic rings. The standard InChI is InChI=1S/C29H30ClNO7S/c1-17(2)27(29(32)36-5)31-39(33,34)22-12-8-20(9-13-22)19-6-10-21(11-7-19)37-16-25-18(3)26-24(38-25)15-14-23(30)28(26)35-4/h6-15,17,27,31H,16H2,1-5H3. The van der Waals surface area contributed by atoms with Gasteiger partial charge in [0.2, 0.25) is 10.0 Å². The second kappa shape index (κ2) is 11.7. The van der Waals surface area contributed by atoms with E-state index in [2.05, 4.69) is 4.72 Å². The van der Waals surface area contributed by atoms with Crippen molar-refractivity contribution in [3.05, 3.63) is 77.0 Å². The topological polar surface area (TPSA) is 104 Å². The van der Waals surface area contributed by atoms with Crippen molar-refractivity contribution in [2.75, 3.05) is 14.2 Å². The smallest absolute Gasteiger partial charge is 0.324 e. The van der Waals surface area contributed by atoms with Crippen LogP contribution in [0.3, 0.4) is 0 Å². The van der Waals surface area contributed by atoms with Crippen LogP contribution in [0.15, 0.2) is 70.0 Å². The highest BCUT2D eigenvalue weighted by Crippen LogP contribution is 2.38. The lowest BCUT2D eigenvalue weighted by Gasteiger charge is -2.19. The number of esters is 1. The molecule has 0 saturated heterocycles. The van der Waals surface area contributed by atoms with Gasteiger partial charge in [0.05, 0.1) is 29.5 Å². The van der Waals surface area contributed by atoms with Crippen LogP contribution >= 0.6 is 11.6 Å². The number of hydrogen-bond acceptors (Lipinski definition) is 7. The third kappa shape index (κ3) is 6.06. The number of carbonyl (C=O) groups is 1. The van der Waals surface area contributed by atoms with E-state index in [0.717, 1.165) is 22.1 Å². The molecule has 1 N–H and O–H groups in total. The fourth-order valence-corrected chi connectivity index (χ4v) is 5.77. The first-order valence-electron chi connectivity index (χ1n) is 12.2. The summed E-state index contributed by atoms with van der Waals surface area (Å²) in [6.45, 7) is 5.64. The van der Waals surface area contributed by atoms with Crippen LogP contribution in [0.2, 0.25) is 5.02 Å². The zero-order chi connectivity index (χ0) is 28.3. The summed E-state index contributed by atoms with van der Waals surface area (Å²) in [5.74, 6) is 0.988. The molecule has 10 heteroatoms. The van der Waals surface area contributed by atoms with Gasteiger partial charge in [0.1, 0.15) is 35.5 Å². The Hall–Kier alpha value is -3.53. The molecule has 0 radical (unpaired) electrons. The van der Waals surface area contributed by atoms with Crippen molar-refractivity contribution in [3.63, 3.8) is 0 Å². The van der Waals surface area contributed by atoms with E-state index in [4.69, 9.17) is 30.2 Å². The lowest BCUT2D eigenvalue weighted by atomic mass is 10.1. The van der Waals surface area contributed by atoms with Crippen LogP contribution in [0, 0.1) is 12.8 Å². The van der Waals surface area contributed by atoms with E-state index in [1.165, 1.54) is 19.2 Å². The molecule has 0 saturated carbocycles. The van der Waals surface area contributed by atoms with Crippen LogP contribution in [-0.2, 0) is 26.2 Å². The minimum Gasteiger partial charge on any atom is -0.494 e. The van der Waals surface area contributed by atoms with E-state index in [-0.39, 0.29) is 17.4 Å². The molecule has 0 bridgehead atoms. The van der Waals surface area contributed by atoms with Crippen LogP contribution < -0.4 is 14.2 Å². The van der Waals surface area contributed by atoms with Crippen LogP contribution in [0.4, 0.5) is 0 Å². The number of halogens is 1. The fraction of sp³-hybridized carbons (Fsp3) is 0.276. The number of benzene rings is 3. The van der Waals surface area contributed by atoms with Crippen molar-refractivity contribution < 1.29 is 31.8 Å². The summed E-state index contributed by atoms with van der Waals surface area (Å²) in [6.07, 6.45) is 0. The van der Waals surface area contributed by atoms with Crippen molar-refractivity contribution in [3.8, 4) is 22.6 Å². The molecule has 4 rings (SSSR count). The van der Waals surface area contributed by atoms with Gasteiger partial charge in [0.25, 0.3) is 0 Å². The SMILES string of the molecule is COC(=O)C(NS(=O)(=O)c1ccc(-c2ccc(OCc3oc4ccc(Cl)c(OC)c4c3C)cc2)cc1)C(C)C. The molecule has 0 fully saturated rings. The second-order valence-corrected chi connectivity index (χ2v) is 11.4. The van der Waals surface area contributed by atoms with Crippen LogP contribution in [0.1, 0.15) is 25.2 Å². The number of sulfonamides is 1. The first-order chi connectivity index (χ1) is 18.6. The molecule has 206 valence electrons. The average Bonchev–Trinajstić information content (AvgIpc) is 3.25. The number of furan rings is 1. The number of fused-ring (bicyclic) bond motifs is 1. The summed E-state index contributed by atoms with van der Waals surface area (Å²) < 4.78 is 50.2. The number of hydrogen-bond donors (Lipinski definition) is 1. The zero-order valence-electron chi connectivity index (χ0n) is 22.3. The van der Waals surface area contributed by atoms with Gasteiger partial charge in [-0.1, -0.05) is 49.7 Å². The monoisotopic (exact) mass is 571 g/mol. The third-order valence-electron chi connectivity index (χ3n) is 6.43. The molecule has 0 aliphatic heterocycles. The third-order valence-corrected chi connectivity index (χ3v) is 8.18. The summed E-state index contributed by atoms with van der Waals surface area (Å²) >= 11 is 6.25. The number of carbonyl (C=O) groups excluding carboxylic acids is 1. The Labute approximate surface area is 232 Å². The van der Waals surface area contributed by atoms with E-state index >= 15 is 0 Å². The summed E-state index contributed by atoms with van der Waals surface area (Å²) in [4.78, 5) is 12.0. The number of ether oxygens (including phenoxy) is 3. The Morgan fingerprint density at radius 2 is 1.59 bits per heavy atom. The first-order valence-corrected chi connectivity index (χ1v) is 14.1. The number of aryl methyl sites for hydroxylation is 1. The van der Waals surface area contributed by atoms with Gasteiger partial charge < -0.3 is 18.6 Å². The maximum Gasteiger partial charge on any atom is 0.324 e. The summed E-state index contributed by atoms with van der Waals surface area (Å²) in [5.41, 5.74) is 3.28. The highest BCUT2D eigenvalue weighted by molar-refractivity contribution is 7.89. The summed E-state index contributed by atoms with van der Waals surface area (Å²) in [5, 5.41) is 1.34. The molecular weight excluding hydrogens is 542 g/mol. The van der Waals surface area contributed by atoms with Gasteiger partial charge in [-0.25, -0.2) is 8.42 Å².